The molecule has 0 saturated heterocycles. The maximum atomic E-state index is 13.0. The minimum absolute atomic E-state index is 0.00536. The van der Waals surface area contributed by atoms with E-state index in [1.807, 2.05) is 49.8 Å². The van der Waals surface area contributed by atoms with Gasteiger partial charge < -0.3 is 9.88 Å². The number of hydrogen-bond acceptors (Lipinski definition) is 2. The molecule has 1 N–H and O–H groups in total. The van der Waals surface area contributed by atoms with Gasteiger partial charge in [0.1, 0.15) is 5.82 Å². The third-order valence-electron chi connectivity index (χ3n) is 5.50. The Bertz CT molecular complexity index is 1170. The van der Waals surface area contributed by atoms with Crippen LogP contribution in [0.25, 0.3) is 10.9 Å². The summed E-state index contributed by atoms with van der Waals surface area (Å²) in [4.78, 5) is 17.1. The zero-order valence-corrected chi connectivity index (χ0v) is 17.6. The number of nitrogens with one attached hydrogen (secondary N) is 1. The van der Waals surface area contributed by atoms with Crippen LogP contribution in [0, 0.1) is 12.7 Å². The second-order valence-corrected chi connectivity index (χ2v) is 7.89. The highest BCUT2D eigenvalue weighted by atomic mass is 19.1. The quantitative estimate of drug-likeness (QED) is 0.365. The first-order valence-corrected chi connectivity index (χ1v) is 10.6. The number of carbonyl (C=O) groups is 1. The van der Waals surface area contributed by atoms with E-state index in [0.717, 1.165) is 59.1 Å². The molecule has 31 heavy (non-hydrogen) atoms. The molecule has 0 aliphatic carbocycles. The first-order valence-electron chi connectivity index (χ1n) is 10.6. The molecular formula is C26H26FN3O. The fourth-order valence-corrected chi connectivity index (χ4v) is 3.78. The fourth-order valence-electron chi connectivity index (χ4n) is 3.78. The molecule has 4 aromatic rings. The summed E-state index contributed by atoms with van der Waals surface area (Å²) in [7, 11) is 0. The van der Waals surface area contributed by atoms with Crippen LogP contribution in [0.3, 0.4) is 0 Å². The number of aryl methyl sites for hydroxylation is 2. The van der Waals surface area contributed by atoms with Crippen LogP contribution in [-0.2, 0) is 17.8 Å². The summed E-state index contributed by atoms with van der Waals surface area (Å²) in [5.41, 5.74) is 4.92. The normalized spacial score (nSPS) is 11.0. The highest BCUT2D eigenvalue weighted by molar-refractivity contribution is 5.95. The number of anilines is 1. The molecule has 2 heterocycles. The van der Waals surface area contributed by atoms with Crippen molar-refractivity contribution in [2.24, 2.45) is 0 Å². The molecule has 0 spiro atoms. The van der Waals surface area contributed by atoms with E-state index in [-0.39, 0.29) is 11.7 Å². The van der Waals surface area contributed by atoms with Crippen LogP contribution in [0.4, 0.5) is 10.1 Å². The molecule has 1 amide bonds. The lowest BCUT2D eigenvalue weighted by Crippen LogP contribution is -2.12. The number of benzene rings is 2. The van der Waals surface area contributed by atoms with E-state index in [2.05, 4.69) is 20.9 Å². The maximum Gasteiger partial charge on any atom is 0.224 e. The van der Waals surface area contributed by atoms with Crippen molar-refractivity contribution in [3.8, 4) is 0 Å². The van der Waals surface area contributed by atoms with Gasteiger partial charge in [-0.05, 0) is 79.3 Å². The van der Waals surface area contributed by atoms with Gasteiger partial charge in [-0.25, -0.2) is 4.39 Å². The Morgan fingerprint density at radius 1 is 1.03 bits per heavy atom. The smallest absolute Gasteiger partial charge is 0.224 e. The average molecular weight is 416 g/mol. The summed E-state index contributed by atoms with van der Waals surface area (Å²) in [6.07, 6.45) is 8.95. The zero-order valence-electron chi connectivity index (χ0n) is 17.6. The Morgan fingerprint density at radius 2 is 1.81 bits per heavy atom. The molecule has 158 valence electrons. The zero-order chi connectivity index (χ0) is 21.6. The predicted octanol–water partition coefficient (Wildman–Crippen LogP) is 5.88. The van der Waals surface area contributed by atoms with Crippen LogP contribution in [0.1, 0.15) is 36.0 Å². The summed E-state index contributed by atoms with van der Waals surface area (Å²) in [5, 5.41) is 4.10. The molecule has 4 rings (SSSR count). The van der Waals surface area contributed by atoms with Gasteiger partial charge in [-0.2, -0.15) is 0 Å². The molecule has 0 fully saturated rings. The van der Waals surface area contributed by atoms with Gasteiger partial charge >= 0.3 is 0 Å². The molecule has 5 heteroatoms. The number of amides is 1. The van der Waals surface area contributed by atoms with Crippen molar-refractivity contribution in [3.63, 3.8) is 0 Å². The van der Waals surface area contributed by atoms with E-state index in [0.29, 0.717) is 6.42 Å². The van der Waals surface area contributed by atoms with Gasteiger partial charge in [-0.3, -0.25) is 9.78 Å². The minimum Gasteiger partial charge on any atom is -0.350 e. The predicted molar refractivity (Wildman–Crippen MR) is 123 cm³/mol. The van der Waals surface area contributed by atoms with E-state index in [4.69, 9.17) is 0 Å². The molecule has 0 aliphatic heterocycles. The molecule has 0 radical (unpaired) electrons. The molecular weight excluding hydrogens is 389 g/mol. The minimum atomic E-state index is -0.222. The van der Waals surface area contributed by atoms with Crippen LogP contribution in [0.15, 0.2) is 73.2 Å². The Hall–Kier alpha value is -3.47. The first-order chi connectivity index (χ1) is 15.1. The highest BCUT2D eigenvalue weighted by Crippen LogP contribution is 2.25. The monoisotopic (exact) mass is 415 g/mol. The van der Waals surface area contributed by atoms with Crippen molar-refractivity contribution in [2.45, 2.75) is 39.2 Å². The molecule has 4 nitrogen and oxygen atoms in total. The molecule has 2 aromatic carbocycles. The number of nitrogens with zero attached hydrogens (tertiary/aromatic N) is 2. The van der Waals surface area contributed by atoms with Gasteiger partial charge in [0, 0.05) is 42.6 Å². The molecule has 0 saturated carbocycles. The van der Waals surface area contributed by atoms with E-state index in [1.54, 1.807) is 12.1 Å². The summed E-state index contributed by atoms with van der Waals surface area (Å²) in [6, 6.07) is 16.7. The number of pyridine rings is 1. The van der Waals surface area contributed by atoms with Crippen molar-refractivity contribution < 1.29 is 9.18 Å². The van der Waals surface area contributed by atoms with Crippen molar-refractivity contribution in [2.75, 3.05) is 5.32 Å². The second kappa shape index (κ2) is 9.56. The number of halogens is 1. The van der Waals surface area contributed by atoms with Gasteiger partial charge in [0.25, 0.3) is 0 Å². The van der Waals surface area contributed by atoms with E-state index in [9.17, 15) is 9.18 Å². The van der Waals surface area contributed by atoms with E-state index < -0.39 is 0 Å². The molecule has 0 bridgehead atoms. The molecule has 0 aliphatic rings. The van der Waals surface area contributed by atoms with Gasteiger partial charge in [-0.1, -0.05) is 18.2 Å². The lowest BCUT2D eigenvalue weighted by Gasteiger charge is -2.12. The lowest BCUT2D eigenvalue weighted by molar-refractivity contribution is -0.116. The number of rotatable bonds is 8. The van der Waals surface area contributed by atoms with Crippen LogP contribution in [0.2, 0.25) is 0 Å². The van der Waals surface area contributed by atoms with Crippen LogP contribution in [-0.4, -0.2) is 15.5 Å². The van der Waals surface area contributed by atoms with Gasteiger partial charge in [0.05, 0.1) is 5.52 Å². The van der Waals surface area contributed by atoms with Crippen LogP contribution in [0.5, 0.6) is 0 Å². The van der Waals surface area contributed by atoms with Crippen molar-refractivity contribution in [3.05, 3.63) is 95.7 Å². The number of unbranched alkanes of at least 4 members (excludes halogenated alkanes) is 1. The number of carbonyl (C=O) groups excluding carboxylic acids is 1. The molecule has 2 aromatic heterocycles. The third kappa shape index (κ3) is 5.37. The highest BCUT2D eigenvalue weighted by Gasteiger charge is 2.09. The Labute approximate surface area is 181 Å². The third-order valence-corrected chi connectivity index (χ3v) is 5.50. The van der Waals surface area contributed by atoms with E-state index >= 15 is 0 Å². The number of hydrogen-bond donors (Lipinski definition) is 1. The van der Waals surface area contributed by atoms with Gasteiger partial charge in [-0.15, -0.1) is 0 Å². The largest absolute Gasteiger partial charge is 0.350 e. The first kappa shape index (κ1) is 20.8. The molecule has 0 unspecified atom stereocenters. The Morgan fingerprint density at radius 3 is 2.58 bits per heavy atom. The van der Waals surface area contributed by atoms with Crippen LogP contribution < -0.4 is 5.32 Å². The second-order valence-electron chi connectivity index (χ2n) is 7.89. The number of fused-ring (bicyclic) bond motifs is 1. The summed E-state index contributed by atoms with van der Waals surface area (Å²) in [6.45, 7) is 2.77. The van der Waals surface area contributed by atoms with Crippen molar-refractivity contribution in [1.82, 2.24) is 9.55 Å². The maximum absolute atomic E-state index is 13.0. The van der Waals surface area contributed by atoms with Crippen molar-refractivity contribution >= 4 is 22.5 Å². The summed E-state index contributed by atoms with van der Waals surface area (Å²) < 4.78 is 15.1. The Balaban J connectivity index is 1.33. The standard InChI is InChI=1S/C26H26FN3O/c1-19-24(29-25(31)7-3-2-6-20-8-11-23(27)12-9-20)13-10-22-16-21(17-28-26(19)22)18-30-14-4-5-15-30/h4-5,8-17H,2-3,6-7,18H2,1H3,(H,29,31). The van der Waals surface area contributed by atoms with Gasteiger partial charge in [0.15, 0.2) is 0 Å². The topological polar surface area (TPSA) is 46.9 Å². The summed E-state index contributed by atoms with van der Waals surface area (Å²) in [5.74, 6) is -0.216. The average Bonchev–Trinajstić information content (AvgIpc) is 3.27. The molecule has 0 atom stereocenters. The number of aromatic nitrogens is 2. The van der Waals surface area contributed by atoms with Gasteiger partial charge in [0.2, 0.25) is 5.91 Å². The fraction of sp³-hybridized carbons (Fsp3) is 0.231. The van der Waals surface area contributed by atoms with Crippen molar-refractivity contribution in [1.29, 1.82) is 0 Å². The Kier molecular flexibility index (Phi) is 6.41. The lowest BCUT2D eigenvalue weighted by atomic mass is 10.1. The van der Waals surface area contributed by atoms with E-state index in [1.165, 1.54) is 12.1 Å². The van der Waals surface area contributed by atoms with Crippen LogP contribution >= 0.6 is 0 Å². The summed E-state index contributed by atoms with van der Waals surface area (Å²) >= 11 is 0. The SMILES string of the molecule is Cc1c(NC(=O)CCCCc2ccc(F)cc2)ccc2cc(Cn3cccc3)cnc12.